The number of nitrogens with zero attached hydrogens (tertiary/aromatic N) is 2. The van der Waals surface area contributed by atoms with Crippen LogP contribution in [0, 0.1) is 6.92 Å². The number of carbonyl (C=O) groups is 1. The Morgan fingerprint density at radius 1 is 1.30 bits per heavy atom. The highest BCUT2D eigenvalue weighted by Crippen LogP contribution is 2.20. The van der Waals surface area contributed by atoms with E-state index in [1.807, 2.05) is 35.8 Å². The van der Waals surface area contributed by atoms with Crippen LogP contribution in [-0.4, -0.2) is 15.5 Å². The van der Waals surface area contributed by atoms with Gasteiger partial charge in [0.2, 0.25) is 5.91 Å². The smallest absolute Gasteiger partial charge is 0.244 e. The van der Waals surface area contributed by atoms with Gasteiger partial charge in [0.15, 0.2) is 0 Å². The topological polar surface area (TPSA) is 46.9 Å². The molecule has 0 aliphatic heterocycles. The molecule has 1 heterocycles. The van der Waals surface area contributed by atoms with Crippen molar-refractivity contribution in [3.63, 3.8) is 0 Å². The molecule has 104 valence electrons. The number of hydrogen-bond acceptors (Lipinski definition) is 2. The molecule has 0 radical (unpaired) electrons. The predicted octanol–water partition coefficient (Wildman–Crippen LogP) is 2.71. The van der Waals surface area contributed by atoms with Crippen LogP contribution < -0.4 is 5.32 Å². The van der Waals surface area contributed by atoms with Crippen LogP contribution in [0.5, 0.6) is 0 Å². The lowest BCUT2D eigenvalue weighted by Crippen LogP contribution is -2.20. The van der Waals surface area contributed by atoms with Crippen molar-refractivity contribution >= 4 is 11.6 Å². The Hall–Kier alpha value is -2.10. The number of aryl methyl sites for hydroxylation is 2. The molecule has 0 spiro atoms. The van der Waals surface area contributed by atoms with Crippen molar-refractivity contribution in [1.82, 2.24) is 9.55 Å². The molecule has 0 atom stereocenters. The van der Waals surface area contributed by atoms with E-state index in [-0.39, 0.29) is 5.91 Å². The van der Waals surface area contributed by atoms with Gasteiger partial charge in [0.05, 0.1) is 12.0 Å². The summed E-state index contributed by atoms with van der Waals surface area (Å²) in [6.07, 6.45) is 6.28. The van der Waals surface area contributed by atoms with E-state index in [0.29, 0.717) is 6.54 Å². The lowest BCUT2D eigenvalue weighted by atomic mass is 10.0. The molecule has 0 saturated heterocycles. The first-order chi connectivity index (χ1) is 9.74. The Balaban J connectivity index is 1.70. The van der Waals surface area contributed by atoms with E-state index in [2.05, 4.69) is 10.3 Å². The van der Waals surface area contributed by atoms with Crippen molar-refractivity contribution in [3.8, 4) is 0 Å². The molecule has 3 rings (SSSR count). The second kappa shape index (κ2) is 5.49. The standard InChI is InChI=1S/C16H19N3O/c1-12-6-2-3-7-13(12)18-16(20)10-19-11-17-14-8-4-5-9-15(14)19/h2-3,6-7,11H,4-5,8-10H2,1H3,(H,18,20). The first kappa shape index (κ1) is 12.9. The number of amides is 1. The Bertz CT molecular complexity index is 630. The molecule has 4 nitrogen and oxygen atoms in total. The van der Waals surface area contributed by atoms with E-state index in [9.17, 15) is 4.79 Å². The van der Waals surface area contributed by atoms with Crippen molar-refractivity contribution in [1.29, 1.82) is 0 Å². The van der Waals surface area contributed by atoms with Gasteiger partial charge in [0.1, 0.15) is 6.54 Å². The zero-order chi connectivity index (χ0) is 13.9. The van der Waals surface area contributed by atoms with Crippen LogP contribution in [-0.2, 0) is 24.2 Å². The molecular weight excluding hydrogens is 250 g/mol. The van der Waals surface area contributed by atoms with Gasteiger partial charge in [-0.25, -0.2) is 4.98 Å². The SMILES string of the molecule is Cc1ccccc1NC(=O)Cn1cnc2c1CCCC2. The number of hydrogen-bond donors (Lipinski definition) is 1. The third-order valence-electron chi connectivity index (χ3n) is 3.84. The molecule has 1 amide bonds. The van der Waals surface area contributed by atoms with Gasteiger partial charge in [-0.15, -0.1) is 0 Å². The highest BCUT2D eigenvalue weighted by molar-refractivity contribution is 5.91. The largest absolute Gasteiger partial charge is 0.325 e. The average molecular weight is 269 g/mol. The molecule has 0 saturated carbocycles. The maximum Gasteiger partial charge on any atom is 0.244 e. The maximum absolute atomic E-state index is 12.2. The molecule has 20 heavy (non-hydrogen) atoms. The molecule has 1 aliphatic carbocycles. The Morgan fingerprint density at radius 2 is 2.10 bits per heavy atom. The summed E-state index contributed by atoms with van der Waals surface area (Å²) in [4.78, 5) is 16.6. The zero-order valence-electron chi connectivity index (χ0n) is 11.7. The summed E-state index contributed by atoms with van der Waals surface area (Å²) in [5, 5.41) is 2.97. The van der Waals surface area contributed by atoms with Crippen LogP contribution in [0.3, 0.4) is 0 Å². The van der Waals surface area contributed by atoms with Crippen LogP contribution in [0.2, 0.25) is 0 Å². The van der Waals surface area contributed by atoms with Gasteiger partial charge in [-0.2, -0.15) is 0 Å². The number of aromatic nitrogens is 2. The number of nitrogens with one attached hydrogen (secondary N) is 1. The minimum atomic E-state index is 0.00470. The summed E-state index contributed by atoms with van der Waals surface area (Å²) >= 11 is 0. The van der Waals surface area contributed by atoms with E-state index in [1.165, 1.54) is 24.2 Å². The first-order valence-electron chi connectivity index (χ1n) is 7.12. The van der Waals surface area contributed by atoms with Crippen LogP contribution in [0.25, 0.3) is 0 Å². The fourth-order valence-electron chi connectivity index (χ4n) is 2.72. The summed E-state index contributed by atoms with van der Waals surface area (Å²) < 4.78 is 1.99. The van der Waals surface area contributed by atoms with E-state index in [4.69, 9.17) is 0 Å². The first-order valence-corrected chi connectivity index (χ1v) is 7.12. The monoisotopic (exact) mass is 269 g/mol. The van der Waals surface area contributed by atoms with Crippen LogP contribution in [0.15, 0.2) is 30.6 Å². The minimum absolute atomic E-state index is 0.00470. The van der Waals surface area contributed by atoms with Gasteiger partial charge in [-0.1, -0.05) is 18.2 Å². The van der Waals surface area contributed by atoms with Crippen molar-refractivity contribution in [2.24, 2.45) is 0 Å². The third kappa shape index (κ3) is 2.59. The summed E-state index contributed by atoms with van der Waals surface area (Å²) in [5.74, 6) is 0.00470. The highest BCUT2D eigenvalue weighted by Gasteiger charge is 2.16. The third-order valence-corrected chi connectivity index (χ3v) is 3.84. The fraction of sp³-hybridized carbons (Fsp3) is 0.375. The molecule has 0 bridgehead atoms. The normalized spacial score (nSPS) is 13.8. The summed E-state index contributed by atoms with van der Waals surface area (Å²) in [6.45, 7) is 2.34. The van der Waals surface area contributed by atoms with Crippen molar-refractivity contribution < 1.29 is 4.79 Å². The molecular formula is C16H19N3O. The lowest BCUT2D eigenvalue weighted by Gasteiger charge is -2.14. The second-order valence-corrected chi connectivity index (χ2v) is 5.34. The van der Waals surface area contributed by atoms with Crippen molar-refractivity contribution in [2.45, 2.75) is 39.2 Å². The van der Waals surface area contributed by atoms with Crippen molar-refractivity contribution in [2.75, 3.05) is 5.32 Å². The number of fused-ring (bicyclic) bond motifs is 1. The van der Waals surface area contributed by atoms with Crippen molar-refractivity contribution in [3.05, 3.63) is 47.5 Å². The van der Waals surface area contributed by atoms with Crippen LogP contribution >= 0.6 is 0 Å². The number of anilines is 1. The van der Waals surface area contributed by atoms with E-state index < -0.39 is 0 Å². The Morgan fingerprint density at radius 3 is 2.95 bits per heavy atom. The summed E-state index contributed by atoms with van der Waals surface area (Å²) in [6, 6.07) is 7.82. The number of benzene rings is 1. The second-order valence-electron chi connectivity index (χ2n) is 5.34. The van der Waals surface area contributed by atoms with Gasteiger partial charge in [-0.05, 0) is 44.2 Å². The van der Waals surface area contributed by atoms with E-state index >= 15 is 0 Å². The number of rotatable bonds is 3. The van der Waals surface area contributed by atoms with Gasteiger partial charge in [0, 0.05) is 11.4 Å². The fourth-order valence-corrected chi connectivity index (χ4v) is 2.72. The lowest BCUT2D eigenvalue weighted by molar-refractivity contribution is -0.116. The molecule has 2 aromatic rings. The predicted molar refractivity (Wildman–Crippen MR) is 78.7 cm³/mol. The quantitative estimate of drug-likeness (QED) is 0.931. The molecule has 4 heteroatoms. The Kier molecular flexibility index (Phi) is 3.54. The molecule has 0 unspecified atom stereocenters. The summed E-state index contributed by atoms with van der Waals surface area (Å²) in [7, 11) is 0. The molecule has 1 aliphatic rings. The van der Waals surface area contributed by atoms with Crippen LogP contribution in [0.4, 0.5) is 5.69 Å². The van der Waals surface area contributed by atoms with Crippen LogP contribution in [0.1, 0.15) is 29.8 Å². The molecule has 1 aromatic carbocycles. The molecule has 1 aromatic heterocycles. The van der Waals surface area contributed by atoms with E-state index in [1.54, 1.807) is 6.33 Å². The minimum Gasteiger partial charge on any atom is -0.325 e. The van der Waals surface area contributed by atoms with E-state index in [0.717, 1.165) is 24.1 Å². The highest BCUT2D eigenvalue weighted by atomic mass is 16.1. The average Bonchev–Trinajstić information content (AvgIpc) is 2.85. The number of imidazole rings is 1. The van der Waals surface area contributed by atoms with Gasteiger partial charge in [0.25, 0.3) is 0 Å². The maximum atomic E-state index is 12.2. The van der Waals surface area contributed by atoms with Gasteiger partial charge < -0.3 is 9.88 Å². The number of carbonyl (C=O) groups excluding carboxylic acids is 1. The molecule has 1 N–H and O–H groups in total. The number of para-hydroxylation sites is 1. The molecule has 0 fully saturated rings. The van der Waals surface area contributed by atoms with Gasteiger partial charge in [-0.3, -0.25) is 4.79 Å². The zero-order valence-corrected chi connectivity index (χ0v) is 11.7. The Labute approximate surface area is 118 Å². The van der Waals surface area contributed by atoms with Gasteiger partial charge >= 0.3 is 0 Å². The summed E-state index contributed by atoms with van der Waals surface area (Å²) in [5.41, 5.74) is 4.36.